The Morgan fingerprint density at radius 2 is 1.90 bits per heavy atom. The average Bonchev–Trinajstić information content (AvgIpc) is 3.06. The Balaban J connectivity index is 1.78. The van der Waals surface area contributed by atoms with Crippen LogP contribution in [0.1, 0.15) is 78.1 Å². The first-order valence-corrected chi connectivity index (χ1v) is 8.80. The highest BCUT2D eigenvalue weighted by Crippen LogP contribution is 2.40. The zero-order valence-electron chi connectivity index (χ0n) is 13.2. The Bertz CT molecular complexity index is 362. The van der Waals surface area contributed by atoms with Gasteiger partial charge in [0.15, 0.2) is 0 Å². The second kappa shape index (κ2) is 5.67. The zero-order chi connectivity index (χ0) is 14.2. The van der Waals surface area contributed by atoms with Crippen molar-refractivity contribution in [3.8, 4) is 0 Å². The van der Waals surface area contributed by atoms with Gasteiger partial charge < -0.3 is 4.90 Å². The summed E-state index contributed by atoms with van der Waals surface area (Å²) in [6, 6.07) is 0.499. The molecule has 3 fully saturated rings. The van der Waals surface area contributed by atoms with Crippen molar-refractivity contribution in [3.63, 3.8) is 0 Å². The first kappa shape index (κ1) is 14.4. The smallest absolute Gasteiger partial charge is 0.244 e. The van der Waals surface area contributed by atoms with Crippen LogP contribution in [0.5, 0.6) is 0 Å². The van der Waals surface area contributed by atoms with Crippen LogP contribution in [0.15, 0.2) is 0 Å². The van der Waals surface area contributed by atoms with Gasteiger partial charge in [-0.2, -0.15) is 0 Å². The van der Waals surface area contributed by atoms with Crippen molar-refractivity contribution in [1.29, 1.82) is 0 Å². The summed E-state index contributed by atoms with van der Waals surface area (Å²) in [5.41, 5.74) is -0.181. The maximum atomic E-state index is 13.1. The SMILES string of the molecule is CCC1CCCC(N2C(=O)C3(CCCC3)NC2CC)C1. The van der Waals surface area contributed by atoms with Gasteiger partial charge in [0.1, 0.15) is 0 Å². The number of hydrogen-bond donors (Lipinski definition) is 1. The highest BCUT2D eigenvalue weighted by molar-refractivity contribution is 5.89. The number of rotatable bonds is 3. The molecule has 0 bridgehead atoms. The lowest BCUT2D eigenvalue weighted by molar-refractivity contribution is -0.136. The van der Waals surface area contributed by atoms with Gasteiger partial charge >= 0.3 is 0 Å². The lowest BCUT2D eigenvalue weighted by atomic mass is 9.83. The van der Waals surface area contributed by atoms with Gasteiger partial charge in [-0.25, -0.2) is 0 Å². The van der Waals surface area contributed by atoms with E-state index in [0.29, 0.717) is 18.1 Å². The van der Waals surface area contributed by atoms with Crippen molar-refractivity contribution in [3.05, 3.63) is 0 Å². The van der Waals surface area contributed by atoms with Crippen molar-refractivity contribution >= 4 is 5.91 Å². The maximum Gasteiger partial charge on any atom is 0.244 e. The van der Waals surface area contributed by atoms with E-state index in [9.17, 15) is 4.79 Å². The molecule has 3 heteroatoms. The van der Waals surface area contributed by atoms with E-state index in [2.05, 4.69) is 24.1 Å². The molecule has 114 valence electrons. The highest BCUT2D eigenvalue weighted by Gasteiger charge is 2.53. The Morgan fingerprint density at radius 1 is 1.15 bits per heavy atom. The predicted molar refractivity (Wildman–Crippen MR) is 81.3 cm³/mol. The number of amides is 1. The van der Waals surface area contributed by atoms with E-state index in [4.69, 9.17) is 0 Å². The Kier molecular flexibility index (Phi) is 4.07. The van der Waals surface area contributed by atoms with Crippen LogP contribution in [0.25, 0.3) is 0 Å². The molecule has 2 aliphatic carbocycles. The van der Waals surface area contributed by atoms with Crippen LogP contribution >= 0.6 is 0 Å². The summed E-state index contributed by atoms with van der Waals surface area (Å²) in [4.78, 5) is 15.3. The predicted octanol–water partition coefficient (Wildman–Crippen LogP) is 3.44. The lowest BCUT2D eigenvalue weighted by Crippen LogP contribution is -2.47. The molecule has 3 unspecified atom stereocenters. The van der Waals surface area contributed by atoms with Gasteiger partial charge in [0, 0.05) is 6.04 Å². The topological polar surface area (TPSA) is 32.3 Å². The van der Waals surface area contributed by atoms with Gasteiger partial charge in [-0.3, -0.25) is 10.1 Å². The number of nitrogens with one attached hydrogen (secondary N) is 1. The summed E-state index contributed by atoms with van der Waals surface area (Å²) < 4.78 is 0. The van der Waals surface area contributed by atoms with Gasteiger partial charge in [0.25, 0.3) is 0 Å². The van der Waals surface area contributed by atoms with Crippen LogP contribution in [-0.2, 0) is 4.79 Å². The normalized spacial score (nSPS) is 37.0. The van der Waals surface area contributed by atoms with Gasteiger partial charge in [-0.05, 0) is 38.0 Å². The summed E-state index contributed by atoms with van der Waals surface area (Å²) >= 11 is 0. The molecule has 1 aliphatic heterocycles. The molecule has 0 aromatic heterocycles. The van der Waals surface area contributed by atoms with Gasteiger partial charge in [-0.1, -0.05) is 46.0 Å². The largest absolute Gasteiger partial charge is 0.323 e. The fourth-order valence-electron chi connectivity index (χ4n) is 4.78. The summed E-state index contributed by atoms with van der Waals surface area (Å²) in [6.45, 7) is 4.51. The fourth-order valence-corrected chi connectivity index (χ4v) is 4.78. The molecule has 3 aliphatic rings. The molecule has 0 radical (unpaired) electrons. The Morgan fingerprint density at radius 3 is 2.55 bits per heavy atom. The highest BCUT2D eigenvalue weighted by atomic mass is 16.2. The third kappa shape index (κ3) is 2.28. The lowest BCUT2D eigenvalue weighted by Gasteiger charge is -2.38. The van der Waals surface area contributed by atoms with E-state index in [1.54, 1.807) is 0 Å². The van der Waals surface area contributed by atoms with E-state index >= 15 is 0 Å². The minimum absolute atomic E-state index is 0.181. The Hall–Kier alpha value is -0.570. The molecule has 1 heterocycles. The van der Waals surface area contributed by atoms with E-state index in [1.165, 1.54) is 44.9 Å². The zero-order valence-corrected chi connectivity index (χ0v) is 13.2. The molecule has 0 aromatic carbocycles. The van der Waals surface area contributed by atoms with Crippen molar-refractivity contribution < 1.29 is 4.79 Å². The van der Waals surface area contributed by atoms with Gasteiger partial charge in [0.2, 0.25) is 5.91 Å². The number of hydrogen-bond acceptors (Lipinski definition) is 2. The van der Waals surface area contributed by atoms with Crippen molar-refractivity contribution in [1.82, 2.24) is 10.2 Å². The average molecular weight is 278 g/mol. The molecular formula is C17H30N2O. The van der Waals surface area contributed by atoms with Gasteiger partial charge in [0.05, 0.1) is 11.7 Å². The quantitative estimate of drug-likeness (QED) is 0.857. The van der Waals surface area contributed by atoms with Crippen molar-refractivity contribution in [2.75, 3.05) is 0 Å². The van der Waals surface area contributed by atoms with E-state index in [-0.39, 0.29) is 5.54 Å². The van der Waals surface area contributed by atoms with Crippen molar-refractivity contribution in [2.45, 2.75) is 95.8 Å². The second-order valence-electron chi connectivity index (χ2n) is 7.16. The third-order valence-electron chi connectivity index (χ3n) is 5.99. The van der Waals surface area contributed by atoms with Crippen LogP contribution in [0.4, 0.5) is 0 Å². The van der Waals surface area contributed by atoms with E-state index < -0.39 is 0 Å². The molecule has 2 saturated carbocycles. The number of carbonyl (C=O) groups excluding carboxylic acids is 1. The summed E-state index contributed by atoms with van der Waals surface area (Å²) in [5.74, 6) is 1.27. The minimum atomic E-state index is -0.181. The molecule has 3 rings (SSSR count). The summed E-state index contributed by atoms with van der Waals surface area (Å²) in [6.07, 6.45) is 12.3. The van der Waals surface area contributed by atoms with Crippen LogP contribution in [0, 0.1) is 5.92 Å². The molecule has 1 spiro atoms. The molecular weight excluding hydrogens is 248 g/mol. The first-order chi connectivity index (χ1) is 9.70. The molecule has 1 saturated heterocycles. The second-order valence-corrected chi connectivity index (χ2v) is 7.16. The van der Waals surface area contributed by atoms with Gasteiger partial charge in [-0.15, -0.1) is 0 Å². The summed E-state index contributed by atoms with van der Waals surface area (Å²) in [5, 5.41) is 3.72. The van der Waals surface area contributed by atoms with E-state index in [0.717, 1.165) is 25.2 Å². The van der Waals surface area contributed by atoms with E-state index in [1.807, 2.05) is 0 Å². The first-order valence-electron chi connectivity index (χ1n) is 8.80. The molecule has 1 N–H and O–H groups in total. The third-order valence-corrected chi connectivity index (χ3v) is 5.99. The monoisotopic (exact) mass is 278 g/mol. The molecule has 3 nitrogen and oxygen atoms in total. The van der Waals surface area contributed by atoms with Crippen LogP contribution in [0.2, 0.25) is 0 Å². The van der Waals surface area contributed by atoms with Crippen LogP contribution in [0.3, 0.4) is 0 Å². The van der Waals surface area contributed by atoms with Crippen molar-refractivity contribution in [2.24, 2.45) is 5.92 Å². The number of carbonyl (C=O) groups is 1. The molecule has 20 heavy (non-hydrogen) atoms. The molecule has 1 amide bonds. The van der Waals surface area contributed by atoms with Crippen LogP contribution < -0.4 is 5.32 Å². The Labute approximate surface area is 123 Å². The molecule has 3 atom stereocenters. The summed E-state index contributed by atoms with van der Waals surface area (Å²) in [7, 11) is 0. The maximum absolute atomic E-state index is 13.1. The standard InChI is InChI=1S/C17H30N2O/c1-3-13-8-7-9-14(12-13)19-15(4-2)18-17(16(19)20)10-5-6-11-17/h13-15,18H,3-12H2,1-2H3. The number of nitrogens with zero attached hydrogens (tertiary/aromatic N) is 1. The minimum Gasteiger partial charge on any atom is -0.323 e. The van der Waals surface area contributed by atoms with Crippen LogP contribution in [-0.4, -0.2) is 28.6 Å². The molecule has 0 aromatic rings. The fraction of sp³-hybridized carbons (Fsp3) is 0.941.